The summed E-state index contributed by atoms with van der Waals surface area (Å²) in [7, 11) is 0. The number of esters is 2. The zero-order chi connectivity index (χ0) is 25.8. The van der Waals surface area contributed by atoms with Crippen LogP contribution in [0.25, 0.3) is 0 Å². The van der Waals surface area contributed by atoms with E-state index in [1.807, 2.05) is 0 Å². The van der Waals surface area contributed by atoms with Crippen LogP contribution in [0.2, 0.25) is 0 Å². The lowest BCUT2D eigenvalue weighted by atomic mass is 9.80. The molecule has 2 rings (SSSR count). The van der Waals surface area contributed by atoms with Gasteiger partial charge in [0.25, 0.3) is 5.69 Å². The lowest BCUT2D eigenvalue weighted by Crippen LogP contribution is -2.33. The molecular weight excluding hydrogens is 460 g/mol. The minimum Gasteiger partial charge on any atom is -0.462 e. The van der Waals surface area contributed by atoms with Gasteiger partial charge in [0.05, 0.1) is 35.2 Å². The van der Waals surface area contributed by atoms with Crippen LogP contribution in [0, 0.1) is 10.1 Å². The van der Waals surface area contributed by atoms with Crippen molar-refractivity contribution in [3.8, 4) is 0 Å². The molecule has 0 aliphatic carbocycles. The van der Waals surface area contributed by atoms with Gasteiger partial charge < -0.3 is 25.4 Å². The van der Waals surface area contributed by atoms with E-state index >= 15 is 0 Å². The van der Waals surface area contributed by atoms with E-state index < -0.39 is 22.8 Å². The van der Waals surface area contributed by atoms with E-state index in [0.29, 0.717) is 55.7 Å². The third-order valence-corrected chi connectivity index (χ3v) is 5.18. The highest BCUT2D eigenvalue weighted by molar-refractivity contribution is 6.00. The monoisotopic (exact) mass is 488 g/mol. The summed E-state index contributed by atoms with van der Waals surface area (Å²) in [6.45, 7) is 3.96. The smallest absolute Gasteiger partial charge is 0.336 e. The van der Waals surface area contributed by atoms with Crippen molar-refractivity contribution in [2.24, 2.45) is 0 Å². The minimum atomic E-state index is -0.975. The van der Waals surface area contributed by atoms with E-state index in [1.165, 1.54) is 18.2 Å². The first kappa shape index (κ1) is 27.0. The Bertz CT molecular complexity index is 982. The molecule has 1 aliphatic heterocycles. The molecule has 3 N–H and O–H groups in total. The molecule has 1 heterocycles. The van der Waals surface area contributed by atoms with E-state index in [4.69, 9.17) is 9.47 Å². The number of hydrogen-bond donors (Lipinski definition) is 3. The number of nitrogens with one attached hydrogen (secondary N) is 3. The molecular formula is C23H28N4O8. The summed E-state index contributed by atoms with van der Waals surface area (Å²) < 4.78 is 10.7. The molecule has 0 spiro atoms. The molecule has 0 unspecified atom stereocenters. The van der Waals surface area contributed by atoms with Gasteiger partial charge in [0.1, 0.15) is 0 Å². The highest BCUT2D eigenvalue weighted by atomic mass is 16.6. The van der Waals surface area contributed by atoms with Crippen LogP contribution in [0.5, 0.6) is 0 Å². The summed E-state index contributed by atoms with van der Waals surface area (Å²) in [5.74, 6) is -2.38. The Morgan fingerprint density at radius 3 is 1.97 bits per heavy atom. The lowest BCUT2D eigenvalue weighted by molar-refractivity contribution is -0.384. The van der Waals surface area contributed by atoms with Crippen molar-refractivity contribution in [1.29, 1.82) is 0 Å². The number of hydrogen-bond acceptors (Lipinski definition) is 9. The van der Waals surface area contributed by atoms with E-state index in [1.54, 1.807) is 19.9 Å². The van der Waals surface area contributed by atoms with Crippen LogP contribution < -0.4 is 16.0 Å². The fourth-order valence-electron chi connectivity index (χ4n) is 3.64. The van der Waals surface area contributed by atoms with Gasteiger partial charge in [-0.05, 0) is 32.3 Å². The minimum absolute atomic E-state index is 0.0182. The number of rotatable bonds is 14. The summed E-state index contributed by atoms with van der Waals surface area (Å²) in [5.41, 5.74) is 1.26. The van der Waals surface area contributed by atoms with Gasteiger partial charge in [-0.3, -0.25) is 19.7 Å². The fraction of sp³-hybridized carbons (Fsp3) is 0.391. The molecule has 12 heteroatoms. The van der Waals surface area contributed by atoms with Crippen molar-refractivity contribution in [1.82, 2.24) is 16.0 Å². The van der Waals surface area contributed by atoms with Gasteiger partial charge in [-0.25, -0.2) is 9.59 Å². The van der Waals surface area contributed by atoms with Crippen LogP contribution in [0.1, 0.15) is 38.2 Å². The molecule has 188 valence electrons. The lowest BCUT2D eigenvalue weighted by Gasteiger charge is -2.30. The predicted octanol–water partition coefficient (Wildman–Crippen LogP) is 1.19. The number of carbonyl (C=O) groups excluding carboxylic acids is 4. The Morgan fingerprint density at radius 2 is 1.51 bits per heavy atom. The second-order valence-corrected chi connectivity index (χ2v) is 7.61. The zero-order valence-electron chi connectivity index (χ0n) is 19.5. The Hall–Kier alpha value is -4.22. The highest BCUT2D eigenvalue weighted by Gasteiger charge is 2.38. The van der Waals surface area contributed by atoms with Crippen molar-refractivity contribution in [2.45, 2.75) is 32.6 Å². The summed E-state index contributed by atoms with van der Waals surface area (Å²) >= 11 is 0. The third-order valence-electron chi connectivity index (χ3n) is 5.18. The number of non-ortho nitro benzene ring substituents is 1. The van der Waals surface area contributed by atoms with Gasteiger partial charge in [-0.1, -0.05) is 12.1 Å². The summed E-state index contributed by atoms with van der Waals surface area (Å²) in [4.78, 5) is 57.7. The summed E-state index contributed by atoms with van der Waals surface area (Å²) in [5, 5.41) is 19.3. The predicted molar refractivity (Wildman–Crippen MR) is 124 cm³/mol. The SMILES string of the molecule is CC1=C(C(=O)OCCCNC=O)C(c2cccc([N+](=O)[O-])c2)C(C(=O)OCCCNC=O)=C(C)N1. The van der Waals surface area contributed by atoms with E-state index in [9.17, 15) is 29.3 Å². The summed E-state index contributed by atoms with van der Waals surface area (Å²) in [6, 6.07) is 5.68. The van der Waals surface area contributed by atoms with Gasteiger partial charge in [0.2, 0.25) is 12.8 Å². The molecule has 1 aromatic rings. The van der Waals surface area contributed by atoms with Gasteiger partial charge in [0.15, 0.2) is 0 Å². The molecule has 0 saturated carbocycles. The second-order valence-electron chi connectivity index (χ2n) is 7.61. The molecule has 0 radical (unpaired) electrons. The topological polar surface area (TPSA) is 166 Å². The van der Waals surface area contributed by atoms with E-state index in [0.717, 1.165) is 0 Å². The number of dihydropyridines is 1. The van der Waals surface area contributed by atoms with Crippen LogP contribution in [-0.4, -0.2) is 56.0 Å². The van der Waals surface area contributed by atoms with Crippen LogP contribution >= 0.6 is 0 Å². The first-order valence-electron chi connectivity index (χ1n) is 10.9. The molecule has 12 nitrogen and oxygen atoms in total. The van der Waals surface area contributed by atoms with Crippen LogP contribution in [-0.2, 0) is 28.7 Å². The summed E-state index contributed by atoms with van der Waals surface area (Å²) in [6.07, 6.45) is 1.84. The molecule has 1 aliphatic rings. The van der Waals surface area contributed by atoms with Crippen LogP contribution in [0.15, 0.2) is 46.8 Å². The largest absolute Gasteiger partial charge is 0.462 e. The molecule has 35 heavy (non-hydrogen) atoms. The molecule has 0 aromatic heterocycles. The van der Waals surface area contributed by atoms with Gasteiger partial charge in [-0.15, -0.1) is 0 Å². The van der Waals surface area contributed by atoms with Gasteiger partial charge in [0, 0.05) is 36.6 Å². The number of carbonyl (C=O) groups is 4. The van der Waals surface area contributed by atoms with Crippen LogP contribution in [0.3, 0.4) is 0 Å². The second kappa shape index (κ2) is 13.5. The van der Waals surface area contributed by atoms with Crippen molar-refractivity contribution in [2.75, 3.05) is 26.3 Å². The van der Waals surface area contributed by atoms with Gasteiger partial charge in [-0.2, -0.15) is 0 Å². The average Bonchev–Trinajstić information content (AvgIpc) is 2.83. The third kappa shape index (κ3) is 7.39. The molecule has 2 amide bonds. The van der Waals surface area contributed by atoms with Crippen molar-refractivity contribution in [3.63, 3.8) is 0 Å². The molecule has 0 atom stereocenters. The highest BCUT2D eigenvalue weighted by Crippen LogP contribution is 2.40. The number of nitro groups is 1. The number of ether oxygens (including phenoxy) is 2. The number of benzene rings is 1. The Balaban J connectivity index is 2.39. The Morgan fingerprint density at radius 1 is 1.00 bits per heavy atom. The molecule has 0 saturated heterocycles. The number of nitrogens with zero attached hydrogens (tertiary/aromatic N) is 1. The molecule has 0 bridgehead atoms. The van der Waals surface area contributed by atoms with E-state index in [-0.39, 0.29) is 30.0 Å². The standard InChI is InChI=1S/C23H28N4O8/c1-15-19(22(30)34-10-4-8-24-13-28)21(17-6-3-7-18(12-17)27(32)33)20(16(2)26-15)23(31)35-11-5-9-25-14-29/h3,6-7,12-14,21,26H,4-5,8-11H2,1-2H3,(H,24,28)(H,25,29). The maximum atomic E-state index is 13.1. The normalized spacial score (nSPS) is 13.5. The number of amides is 2. The average molecular weight is 488 g/mol. The number of allylic oxidation sites excluding steroid dienone is 2. The van der Waals surface area contributed by atoms with Crippen molar-refractivity contribution >= 4 is 30.4 Å². The molecule has 0 fully saturated rings. The van der Waals surface area contributed by atoms with Crippen LogP contribution in [0.4, 0.5) is 5.69 Å². The number of nitro benzene ring substituents is 1. The first-order chi connectivity index (χ1) is 16.8. The maximum absolute atomic E-state index is 13.1. The molecule has 1 aromatic carbocycles. The Labute approximate surface area is 201 Å². The first-order valence-corrected chi connectivity index (χ1v) is 10.9. The fourth-order valence-corrected chi connectivity index (χ4v) is 3.64. The zero-order valence-corrected chi connectivity index (χ0v) is 19.5. The Kier molecular flexibility index (Phi) is 10.4. The van der Waals surface area contributed by atoms with E-state index in [2.05, 4.69) is 16.0 Å². The van der Waals surface area contributed by atoms with Crippen molar-refractivity contribution in [3.05, 3.63) is 62.5 Å². The quantitative estimate of drug-likeness (QED) is 0.115. The van der Waals surface area contributed by atoms with Crippen molar-refractivity contribution < 1.29 is 33.6 Å². The van der Waals surface area contributed by atoms with Gasteiger partial charge >= 0.3 is 11.9 Å². The maximum Gasteiger partial charge on any atom is 0.336 e.